The maximum atomic E-state index is 11.7. The average molecular weight is 310 g/mol. The van der Waals surface area contributed by atoms with Crippen molar-refractivity contribution in [3.63, 3.8) is 0 Å². The first-order chi connectivity index (χ1) is 11.2. The number of hydrogen-bond acceptors (Lipinski definition) is 3. The van der Waals surface area contributed by atoms with E-state index in [4.69, 9.17) is 9.47 Å². The summed E-state index contributed by atoms with van der Waals surface area (Å²) in [5.74, 6) is 0.458. The van der Waals surface area contributed by atoms with Crippen LogP contribution in [0.2, 0.25) is 0 Å². The van der Waals surface area contributed by atoms with Gasteiger partial charge in [0, 0.05) is 6.08 Å². The standard InChI is InChI=1S/C20H22O3/c1-16-13-18(15-19(14-16)22-2)10-11-20(21)23-12-6-9-17-7-4-3-5-8-17/h3-5,7-8,10-11,13-15H,6,9,12H2,1-2H3/b11-10+. The summed E-state index contributed by atoms with van der Waals surface area (Å²) in [5.41, 5.74) is 3.26. The predicted octanol–water partition coefficient (Wildman–Crippen LogP) is 4.19. The van der Waals surface area contributed by atoms with Gasteiger partial charge in [0.25, 0.3) is 0 Å². The highest BCUT2D eigenvalue weighted by Crippen LogP contribution is 2.17. The van der Waals surface area contributed by atoms with Gasteiger partial charge in [-0.2, -0.15) is 0 Å². The zero-order chi connectivity index (χ0) is 16.5. The van der Waals surface area contributed by atoms with Crippen LogP contribution < -0.4 is 4.74 Å². The fourth-order valence-electron chi connectivity index (χ4n) is 2.30. The molecule has 0 bridgehead atoms. The van der Waals surface area contributed by atoms with E-state index in [0.717, 1.165) is 29.7 Å². The SMILES string of the molecule is COc1cc(C)cc(/C=C/C(=O)OCCCc2ccccc2)c1. The Labute approximate surface area is 137 Å². The van der Waals surface area contributed by atoms with Gasteiger partial charge in [-0.25, -0.2) is 4.79 Å². The van der Waals surface area contributed by atoms with Gasteiger partial charge in [-0.3, -0.25) is 0 Å². The zero-order valence-corrected chi connectivity index (χ0v) is 13.6. The van der Waals surface area contributed by atoms with Crippen LogP contribution in [0.4, 0.5) is 0 Å². The van der Waals surface area contributed by atoms with Crippen LogP contribution in [-0.4, -0.2) is 19.7 Å². The van der Waals surface area contributed by atoms with E-state index >= 15 is 0 Å². The highest BCUT2D eigenvalue weighted by atomic mass is 16.5. The summed E-state index contributed by atoms with van der Waals surface area (Å²) in [6.45, 7) is 2.41. The zero-order valence-electron chi connectivity index (χ0n) is 13.6. The largest absolute Gasteiger partial charge is 0.497 e. The predicted molar refractivity (Wildman–Crippen MR) is 92.5 cm³/mol. The number of carbonyl (C=O) groups is 1. The van der Waals surface area contributed by atoms with E-state index in [2.05, 4.69) is 12.1 Å². The fraction of sp³-hybridized carbons (Fsp3) is 0.250. The summed E-state index contributed by atoms with van der Waals surface area (Å²) >= 11 is 0. The smallest absolute Gasteiger partial charge is 0.330 e. The van der Waals surface area contributed by atoms with Crippen molar-refractivity contribution in [1.29, 1.82) is 0 Å². The minimum Gasteiger partial charge on any atom is -0.497 e. The molecule has 2 aromatic carbocycles. The number of esters is 1. The van der Waals surface area contributed by atoms with Crippen molar-refractivity contribution in [2.24, 2.45) is 0 Å². The highest BCUT2D eigenvalue weighted by molar-refractivity contribution is 5.87. The van der Waals surface area contributed by atoms with Gasteiger partial charge in [0.05, 0.1) is 13.7 Å². The molecule has 0 saturated carbocycles. The van der Waals surface area contributed by atoms with E-state index in [0.29, 0.717) is 6.61 Å². The van der Waals surface area contributed by atoms with Crippen LogP contribution in [0.25, 0.3) is 6.08 Å². The Morgan fingerprint density at radius 2 is 1.91 bits per heavy atom. The van der Waals surface area contributed by atoms with Gasteiger partial charge < -0.3 is 9.47 Å². The molecular weight excluding hydrogens is 288 g/mol. The normalized spacial score (nSPS) is 10.7. The molecule has 0 amide bonds. The molecule has 120 valence electrons. The fourth-order valence-corrected chi connectivity index (χ4v) is 2.30. The van der Waals surface area contributed by atoms with Gasteiger partial charge in [0.1, 0.15) is 5.75 Å². The molecule has 0 unspecified atom stereocenters. The highest BCUT2D eigenvalue weighted by Gasteiger charge is 2.00. The first-order valence-electron chi connectivity index (χ1n) is 7.72. The third-order valence-corrected chi connectivity index (χ3v) is 3.42. The van der Waals surface area contributed by atoms with Crippen molar-refractivity contribution in [3.05, 3.63) is 71.3 Å². The summed E-state index contributed by atoms with van der Waals surface area (Å²) in [5, 5.41) is 0. The molecule has 0 aliphatic carbocycles. The van der Waals surface area contributed by atoms with Crippen LogP contribution >= 0.6 is 0 Å². The Morgan fingerprint density at radius 3 is 2.65 bits per heavy atom. The molecule has 0 spiro atoms. The molecule has 0 saturated heterocycles. The average Bonchev–Trinajstić information content (AvgIpc) is 2.57. The molecule has 0 N–H and O–H groups in total. The van der Waals surface area contributed by atoms with Crippen molar-refractivity contribution in [1.82, 2.24) is 0 Å². The minimum atomic E-state index is -0.321. The number of aryl methyl sites for hydroxylation is 2. The number of methoxy groups -OCH3 is 1. The Balaban J connectivity index is 1.77. The van der Waals surface area contributed by atoms with Crippen LogP contribution in [0.5, 0.6) is 5.75 Å². The Morgan fingerprint density at radius 1 is 1.13 bits per heavy atom. The third kappa shape index (κ3) is 5.99. The van der Waals surface area contributed by atoms with Crippen LogP contribution in [-0.2, 0) is 16.0 Å². The lowest BCUT2D eigenvalue weighted by atomic mass is 10.1. The molecule has 0 fully saturated rings. The monoisotopic (exact) mass is 310 g/mol. The van der Waals surface area contributed by atoms with Crippen LogP contribution in [0, 0.1) is 6.92 Å². The molecule has 0 aliphatic heterocycles. The number of hydrogen-bond donors (Lipinski definition) is 0. The van der Waals surface area contributed by atoms with E-state index in [1.807, 2.05) is 43.3 Å². The van der Waals surface area contributed by atoms with Crippen LogP contribution in [0.15, 0.2) is 54.6 Å². The third-order valence-electron chi connectivity index (χ3n) is 3.42. The van der Waals surface area contributed by atoms with Crippen molar-refractivity contribution in [2.45, 2.75) is 19.8 Å². The van der Waals surface area contributed by atoms with Gasteiger partial charge in [0.2, 0.25) is 0 Å². The van der Waals surface area contributed by atoms with Crippen molar-refractivity contribution < 1.29 is 14.3 Å². The van der Waals surface area contributed by atoms with Gasteiger partial charge in [-0.05, 0) is 54.7 Å². The maximum absolute atomic E-state index is 11.7. The maximum Gasteiger partial charge on any atom is 0.330 e. The quantitative estimate of drug-likeness (QED) is 0.437. The Bertz CT molecular complexity index is 660. The van der Waals surface area contributed by atoms with Gasteiger partial charge in [0.15, 0.2) is 0 Å². The van der Waals surface area contributed by atoms with Gasteiger partial charge >= 0.3 is 5.97 Å². The van der Waals surface area contributed by atoms with E-state index in [1.165, 1.54) is 11.6 Å². The van der Waals surface area contributed by atoms with Crippen molar-refractivity contribution >= 4 is 12.0 Å². The number of rotatable bonds is 7. The molecule has 23 heavy (non-hydrogen) atoms. The van der Waals surface area contributed by atoms with E-state index in [9.17, 15) is 4.79 Å². The van der Waals surface area contributed by atoms with Crippen molar-refractivity contribution in [3.8, 4) is 5.75 Å². The summed E-state index contributed by atoms with van der Waals surface area (Å²) in [7, 11) is 1.63. The second-order valence-electron chi connectivity index (χ2n) is 5.37. The summed E-state index contributed by atoms with van der Waals surface area (Å²) in [4.78, 5) is 11.7. The van der Waals surface area contributed by atoms with Gasteiger partial charge in [-0.15, -0.1) is 0 Å². The molecule has 3 nitrogen and oxygen atoms in total. The molecule has 0 atom stereocenters. The minimum absolute atomic E-state index is 0.321. The molecule has 0 radical (unpaired) electrons. The summed E-state index contributed by atoms with van der Waals surface area (Å²) in [6.07, 6.45) is 4.93. The number of ether oxygens (including phenoxy) is 2. The first-order valence-corrected chi connectivity index (χ1v) is 7.72. The molecule has 0 heterocycles. The molecule has 0 aromatic heterocycles. The van der Waals surface area contributed by atoms with Gasteiger partial charge in [-0.1, -0.05) is 36.4 Å². The molecule has 3 heteroatoms. The number of carbonyl (C=O) groups excluding carboxylic acids is 1. The van der Waals surface area contributed by atoms with Crippen LogP contribution in [0.3, 0.4) is 0 Å². The number of benzene rings is 2. The Kier molecular flexibility index (Phi) is 6.42. The van der Waals surface area contributed by atoms with E-state index in [-0.39, 0.29) is 5.97 Å². The molecule has 2 aromatic rings. The molecular formula is C20H22O3. The lowest BCUT2D eigenvalue weighted by Gasteiger charge is -2.04. The molecule has 2 rings (SSSR count). The Hall–Kier alpha value is -2.55. The first kappa shape index (κ1) is 16.8. The lowest BCUT2D eigenvalue weighted by molar-refractivity contribution is -0.137. The summed E-state index contributed by atoms with van der Waals surface area (Å²) < 4.78 is 10.4. The topological polar surface area (TPSA) is 35.5 Å². The molecule has 0 aliphatic rings. The second kappa shape index (κ2) is 8.79. The van der Waals surface area contributed by atoms with E-state index < -0.39 is 0 Å². The summed E-state index contributed by atoms with van der Waals surface area (Å²) in [6, 6.07) is 16.0. The van der Waals surface area contributed by atoms with E-state index in [1.54, 1.807) is 13.2 Å². The van der Waals surface area contributed by atoms with Crippen molar-refractivity contribution in [2.75, 3.05) is 13.7 Å². The van der Waals surface area contributed by atoms with Crippen LogP contribution in [0.1, 0.15) is 23.1 Å². The lowest BCUT2D eigenvalue weighted by Crippen LogP contribution is -2.03. The second-order valence-corrected chi connectivity index (χ2v) is 5.37.